The van der Waals surface area contributed by atoms with E-state index in [2.05, 4.69) is 19.9 Å². The number of rotatable bonds is 3. The summed E-state index contributed by atoms with van der Waals surface area (Å²) in [7, 11) is 0. The van der Waals surface area contributed by atoms with Crippen molar-refractivity contribution in [1.82, 2.24) is 19.9 Å². The molecule has 8 heteroatoms. The van der Waals surface area contributed by atoms with Gasteiger partial charge in [-0.25, -0.2) is 9.97 Å². The van der Waals surface area contributed by atoms with Gasteiger partial charge in [-0.2, -0.15) is 0 Å². The molecule has 0 saturated carbocycles. The van der Waals surface area contributed by atoms with Crippen LogP contribution in [-0.2, 0) is 19.5 Å². The summed E-state index contributed by atoms with van der Waals surface area (Å²) in [5, 5.41) is 0.766. The molecule has 0 fully saturated rings. The molecule has 128 valence electrons. The molecule has 3 aromatic rings. The normalized spacial score (nSPS) is 14.5. The molecule has 6 nitrogen and oxygen atoms in total. The van der Waals surface area contributed by atoms with Gasteiger partial charge in [-0.15, -0.1) is 0 Å². The van der Waals surface area contributed by atoms with E-state index in [1.54, 1.807) is 24.5 Å². The van der Waals surface area contributed by atoms with E-state index < -0.39 is 0 Å². The Bertz CT molecular complexity index is 969. The minimum Gasteiger partial charge on any atom is -0.461 e. The first-order valence-corrected chi connectivity index (χ1v) is 8.55. The molecular weight excluding hydrogens is 363 g/mol. The molecular formula is C17H14Cl2N4O2. The first kappa shape index (κ1) is 16.3. The number of pyridine rings is 1. The Morgan fingerprint density at radius 3 is 2.88 bits per heavy atom. The number of hydrogen-bond acceptors (Lipinski definition) is 5. The summed E-state index contributed by atoms with van der Waals surface area (Å²) >= 11 is 12.0. The fraction of sp³-hybridized carbons (Fsp3) is 0.235. The largest absolute Gasteiger partial charge is 0.461 e. The molecule has 1 aliphatic rings. The molecule has 3 aromatic heterocycles. The molecule has 0 unspecified atom stereocenters. The Labute approximate surface area is 153 Å². The highest BCUT2D eigenvalue weighted by Crippen LogP contribution is 2.23. The van der Waals surface area contributed by atoms with E-state index in [0.29, 0.717) is 41.4 Å². The zero-order valence-corrected chi connectivity index (χ0v) is 14.6. The van der Waals surface area contributed by atoms with E-state index in [1.807, 2.05) is 6.07 Å². The van der Waals surface area contributed by atoms with Crippen LogP contribution in [0.3, 0.4) is 0 Å². The number of aromatic amines is 1. The van der Waals surface area contributed by atoms with Crippen LogP contribution in [0.25, 0.3) is 11.6 Å². The van der Waals surface area contributed by atoms with Crippen molar-refractivity contribution in [2.45, 2.75) is 19.5 Å². The van der Waals surface area contributed by atoms with Crippen LogP contribution in [0.5, 0.6) is 0 Å². The van der Waals surface area contributed by atoms with Crippen molar-refractivity contribution in [3.8, 4) is 11.6 Å². The van der Waals surface area contributed by atoms with Gasteiger partial charge in [0.05, 0.1) is 12.0 Å². The summed E-state index contributed by atoms with van der Waals surface area (Å²) in [4.78, 5) is 26.0. The summed E-state index contributed by atoms with van der Waals surface area (Å²) in [6.07, 6.45) is 2.19. The van der Waals surface area contributed by atoms with Gasteiger partial charge in [-0.1, -0.05) is 29.3 Å². The van der Waals surface area contributed by atoms with Crippen LogP contribution in [-0.4, -0.2) is 26.4 Å². The monoisotopic (exact) mass is 376 g/mol. The maximum atomic E-state index is 12.3. The van der Waals surface area contributed by atoms with Crippen molar-refractivity contribution < 1.29 is 4.42 Å². The number of H-pyrrole nitrogens is 1. The standard InChI is InChI=1S/C17H14Cl2N4O2/c18-14-4-3-10(15(19)21-14)8-23-6-5-11-12(9-23)20-16(22-17(11)24)13-2-1-7-25-13/h1-4,7H,5-6,8-9H2,(H,20,22,24). The number of aromatic nitrogens is 3. The second-order valence-corrected chi connectivity index (χ2v) is 6.61. The van der Waals surface area contributed by atoms with Gasteiger partial charge in [0, 0.05) is 30.8 Å². The molecule has 0 aliphatic carbocycles. The van der Waals surface area contributed by atoms with E-state index in [0.717, 1.165) is 23.4 Å². The van der Waals surface area contributed by atoms with Crippen LogP contribution in [0.1, 0.15) is 16.8 Å². The summed E-state index contributed by atoms with van der Waals surface area (Å²) in [6, 6.07) is 7.12. The Morgan fingerprint density at radius 2 is 2.12 bits per heavy atom. The highest BCUT2D eigenvalue weighted by molar-refractivity contribution is 6.32. The Kier molecular flexibility index (Phi) is 4.33. The van der Waals surface area contributed by atoms with Crippen LogP contribution in [0.4, 0.5) is 0 Å². The molecule has 1 aliphatic heterocycles. The van der Waals surface area contributed by atoms with Crippen LogP contribution in [0.2, 0.25) is 10.3 Å². The number of nitrogens with one attached hydrogen (secondary N) is 1. The smallest absolute Gasteiger partial charge is 0.254 e. The molecule has 4 rings (SSSR count). The van der Waals surface area contributed by atoms with Crippen LogP contribution < -0.4 is 5.56 Å². The van der Waals surface area contributed by atoms with Gasteiger partial charge in [-0.05, 0) is 24.6 Å². The Hall–Kier alpha value is -2.15. The van der Waals surface area contributed by atoms with Crippen molar-refractivity contribution in [2.24, 2.45) is 0 Å². The molecule has 0 spiro atoms. The van der Waals surface area contributed by atoms with Gasteiger partial charge in [0.15, 0.2) is 11.6 Å². The lowest BCUT2D eigenvalue weighted by atomic mass is 10.1. The maximum Gasteiger partial charge on any atom is 0.254 e. The lowest BCUT2D eigenvalue weighted by Crippen LogP contribution is -2.35. The third-order valence-corrected chi connectivity index (χ3v) is 4.73. The SMILES string of the molecule is O=c1[nH]c(-c2ccco2)nc2c1CCN(Cc1ccc(Cl)nc1Cl)C2. The predicted molar refractivity (Wildman–Crippen MR) is 94.6 cm³/mol. The molecule has 0 bridgehead atoms. The minimum absolute atomic E-state index is 0.109. The maximum absolute atomic E-state index is 12.3. The zero-order valence-electron chi connectivity index (χ0n) is 13.1. The lowest BCUT2D eigenvalue weighted by molar-refractivity contribution is 0.240. The average molecular weight is 377 g/mol. The second kappa shape index (κ2) is 6.63. The van der Waals surface area contributed by atoms with E-state index in [1.165, 1.54) is 0 Å². The molecule has 4 heterocycles. The van der Waals surface area contributed by atoms with Crippen LogP contribution in [0, 0.1) is 0 Å². The summed E-state index contributed by atoms with van der Waals surface area (Å²) in [5.41, 5.74) is 2.28. The molecule has 1 N–H and O–H groups in total. The van der Waals surface area contributed by atoms with Crippen LogP contribution in [0.15, 0.2) is 39.7 Å². The van der Waals surface area contributed by atoms with Gasteiger partial charge in [0.1, 0.15) is 10.3 Å². The number of furan rings is 1. The minimum atomic E-state index is -0.109. The van der Waals surface area contributed by atoms with Crippen molar-refractivity contribution in [3.05, 3.63) is 68.0 Å². The Morgan fingerprint density at radius 1 is 1.24 bits per heavy atom. The van der Waals surface area contributed by atoms with Crippen LogP contribution >= 0.6 is 23.2 Å². The fourth-order valence-electron chi connectivity index (χ4n) is 2.96. The Balaban J connectivity index is 1.61. The van der Waals surface area contributed by atoms with E-state index in [-0.39, 0.29) is 5.56 Å². The van der Waals surface area contributed by atoms with E-state index in [9.17, 15) is 4.79 Å². The number of fused-ring (bicyclic) bond motifs is 1. The highest BCUT2D eigenvalue weighted by atomic mass is 35.5. The molecule has 0 amide bonds. The molecule has 25 heavy (non-hydrogen) atoms. The summed E-state index contributed by atoms with van der Waals surface area (Å²) in [6.45, 7) is 1.93. The number of hydrogen-bond donors (Lipinski definition) is 1. The third kappa shape index (κ3) is 3.33. The van der Waals surface area contributed by atoms with Crippen molar-refractivity contribution in [2.75, 3.05) is 6.54 Å². The van der Waals surface area contributed by atoms with Gasteiger partial charge in [0.25, 0.3) is 5.56 Å². The quantitative estimate of drug-likeness (QED) is 0.709. The van der Waals surface area contributed by atoms with E-state index in [4.69, 9.17) is 27.6 Å². The lowest BCUT2D eigenvalue weighted by Gasteiger charge is -2.27. The first-order valence-electron chi connectivity index (χ1n) is 7.79. The van der Waals surface area contributed by atoms with Crippen molar-refractivity contribution >= 4 is 23.2 Å². The highest BCUT2D eigenvalue weighted by Gasteiger charge is 2.22. The van der Waals surface area contributed by atoms with Gasteiger partial charge in [-0.3, -0.25) is 9.69 Å². The number of nitrogens with zero attached hydrogens (tertiary/aromatic N) is 3. The fourth-order valence-corrected chi connectivity index (χ4v) is 3.36. The molecule has 0 aromatic carbocycles. The third-order valence-electron chi connectivity index (χ3n) is 4.19. The van der Waals surface area contributed by atoms with Crippen molar-refractivity contribution in [1.29, 1.82) is 0 Å². The summed E-state index contributed by atoms with van der Waals surface area (Å²) < 4.78 is 5.33. The number of halogens is 2. The predicted octanol–water partition coefficient (Wildman–Crippen LogP) is 3.29. The van der Waals surface area contributed by atoms with Gasteiger partial charge >= 0.3 is 0 Å². The second-order valence-electron chi connectivity index (χ2n) is 5.86. The van der Waals surface area contributed by atoms with Crippen molar-refractivity contribution in [3.63, 3.8) is 0 Å². The molecule has 0 radical (unpaired) electrons. The zero-order chi connectivity index (χ0) is 17.4. The summed E-state index contributed by atoms with van der Waals surface area (Å²) in [5.74, 6) is 0.990. The van der Waals surface area contributed by atoms with Gasteiger partial charge < -0.3 is 9.40 Å². The topological polar surface area (TPSA) is 75.0 Å². The first-order chi connectivity index (χ1) is 12.1. The van der Waals surface area contributed by atoms with Gasteiger partial charge in [0.2, 0.25) is 0 Å². The van der Waals surface area contributed by atoms with E-state index >= 15 is 0 Å². The molecule has 0 atom stereocenters. The average Bonchev–Trinajstić information content (AvgIpc) is 3.12. The molecule has 0 saturated heterocycles.